The molecule has 0 aromatic rings. The van der Waals surface area contributed by atoms with E-state index in [2.05, 4.69) is 31.0 Å². The highest BCUT2D eigenvalue weighted by Crippen LogP contribution is 2.02. The van der Waals surface area contributed by atoms with Gasteiger partial charge in [-0.25, -0.2) is 0 Å². The fraction of sp³-hybridized carbons (Fsp3) is 0.923. The van der Waals surface area contributed by atoms with Crippen LogP contribution in [0, 0.1) is 5.92 Å². The summed E-state index contributed by atoms with van der Waals surface area (Å²) in [6.45, 7) is 10.9. The molecule has 0 radical (unpaired) electrons. The third kappa shape index (κ3) is 9.12. The first kappa shape index (κ1) is 16.4. The van der Waals surface area contributed by atoms with E-state index in [0.29, 0.717) is 18.9 Å². The van der Waals surface area contributed by atoms with Crippen LogP contribution >= 0.6 is 0 Å². The maximum absolute atomic E-state index is 11.5. The number of carbonyl (C=O) groups excluding carboxylic acids is 1. The minimum atomic E-state index is 0.151. The van der Waals surface area contributed by atoms with Crippen molar-refractivity contribution in [1.82, 2.24) is 10.2 Å². The van der Waals surface area contributed by atoms with Gasteiger partial charge in [0.15, 0.2) is 0 Å². The van der Waals surface area contributed by atoms with Crippen molar-refractivity contribution in [3.8, 4) is 0 Å². The van der Waals surface area contributed by atoms with Crippen LogP contribution in [0.5, 0.6) is 0 Å². The highest BCUT2D eigenvalue weighted by atomic mass is 16.1. The van der Waals surface area contributed by atoms with E-state index < -0.39 is 0 Å². The topological polar surface area (TPSA) is 58.4 Å². The molecule has 1 atom stereocenters. The van der Waals surface area contributed by atoms with Crippen LogP contribution < -0.4 is 11.1 Å². The van der Waals surface area contributed by atoms with Crippen molar-refractivity contribution >= 4 is 5.91 Å². The quantitative estimate of drug-likeness (QED) is 0.606. The molecule has 1 unspecified atom stereocenters. The van der Waals surface area contributed by atoms with Crippen LogP contribution in [0.25, 0.3) is 0 Å². The number of nitrogens with two attached hydrogens (primary N) is 1. The van der Waals surface area contributed by atoms with Gasteiger partial charge in [-0.2, -0.15) is 0 Å². The first-order valence-electron chi connectivity index (χ1n) is 6.83. The Balaban J connectivity index is 3.56. The van der Waals surface area contributed by atoms with E-state index in [1.165, 1.54) is 0 Å². The zero-order valence-electron chi connectivity index (χ0n) is 11.7. The summed E-state index contributed by atoms with van der Waals surface area (Å²) in [6, 6.07) is 0. The molecule has 4 heteroatoms. The average Bonchev–Trinajstić information content (AvgIpc) is 2.34. The van der Waals surface area contributed by atoms with Gasteiger partial charge >= 0.3 is 0 Å². The molecule has 4 nitrogen and oxygen atoms in total. The van der Waals surface area contributed by atoms with Crippen LogP contribution in [-0.2, 0) is 4.79 Å². The summed E-state index contributed by atoms with van der Waals surface area (Å²) < 4.78 is 0. The number of nitrogens with zero attached hydrogens (tertiary/aromatic N) is 1. The summed E-state index contributed by atoms with van der Waals surface area (Å²) in [6.07, 6.45) is 2.64. The van der Waals surface area contributed by atoms with Crippen LogP contribution in [-0.4, -0.2) is 43.5 Å². The maximum Gasteiger partial charge on any atom is 0.220 e. The van der Waals surface area contributed by atoms with Gasteiger partial charge in [-0.05, 0) is 38.4 Å². The standard InChI is InChI=1S/C13H29N3O/c1-4-9-16(5-2)10-8-15-13(17)7-6-12(3)11-14/h12H,4-11,14H2,1-3H3,(H,15,17). The zero-order valence-corrected chi connectivity index (χ0v) is 11.7. The lowest BCUT2D eigenvalue weighted by Gasteiger charge is -2.19. The fourth-order valence-electron chi connectivity index (χ4n) is 1.68. The fourth-order valence-corrected chi connectivity index (χ4v) is 1.68. The molecule has 17 heavy (non-hydrogen) atoms. The number of likely N-dealkylation sites (N-methyl/N-ethyl adjacent to an activating group) is 1. The maximum atomic E-state index is 11.5. The summed E-state index contributed by atoms with van der Waals surface area (Å²) >= 11 is 0. The summed E-state index contributed by atoms with van der Waals surface area (Å²) in [4.78, 5) is 13.9. The zero-order chi connectivity index (χ0) is 13.1. The monoisotopic (exact) mass is 243 g/mol. The lowest BCUT2D eigenvalue weighted by Crippen LogP contribution is -2.35. The van der Waals surface area contributed by atoms with Crippen molar-refractivity contribution in [3.05, 3.63) is 0 Å². The number of hydrogen-bond acceptors (Lipinski definition) is 3. The van der Waals surface area contributed by atoms with Crippen molar-refractivity contribution in [2.75, 3.05) is 32.7 Å². The molecule has 3 N–H and O–H groups in total. The Labute approximate surface area is 106 Å². The van der Waals surface area contributed by atoms with Crippen LogP contribution in [0.2, 0.25) is 0 Å². The van der Waals surface area contributed by atoms with Gasteiger partial charge in [0.05, 0.1) is 0 Å². The molecule has 0 aromatic carbocycles. The number of amides is 1. The normalized spacial score (nSPS) is 12.8. The Morgan fingerprint density at radius 3 is 2.59 bits per heavy atom. The molecule has 0 saturated carbocycles. The van der Waals surface area contributed by atoms with E-state index >= 15 is 0 Å². The SMILES string of the molecule is CCCN(CC)CCNC(=O)CCC(C)CN. The number of carbonyl (C=O) groups is 1. The Morgan fingerprint density at radius 2 is 2.06 bits per heavy atom. The molecule has 1 amide bonds. The molecule has 0 aliphatic heterocycles. The van der Waals surface area contributed by atoms with Gasteiger partial charge in [-0.15, -0.1) is 0 Å². The van der Waals surface area contributed by atoms with Gasteiger partial charge in [0.2, 0.25) is 5.91 Å². The van der Waals surface area contributed by atoms with Gasteiger partial charge in [-0.3, -0.25) is 4.79 Å². The first-order chi connectivity index (χ1) is 8.13. The largest absolute Gasteiger partial charge is 0.355 e. The molecule has 0 aromatic heterocycles. The van der Waals surface area contributed by atoms with Gasteiger partial charge in [0, 0.05) is 19.5 Å². The lowest BCUT2D eigenvalue weighted by molar-refractivity contribution is -0.121. The molecule has 0 heterocycles. The van der Waals surface area contributed by atoms with Crippen LogP contribution in [0.1, 0.15) is 40.0 Å². The molecule has 102 valence electrons. The summed E-state index contributed by atoms with van der Waals surface area (Å²) in [5.74, 6) is 0.589. The third-order valence-electron chi connectivity index (χ3n) is 3.00. The summed E-state index contributed by atoms with van der Waals surface area (Å²) in [5.41, 5.74) is 5.51. The number of nitrogens with one attached hydrogen (secondary N) is 1. The van der Waals surface area contributed by atoms with E-state index in [1.807, 2.05) is 0 Å². The van der Waals surface area contributed by atoms with E-state index in [9.17, 15) is 4.79 Å². The third-order valence-corrected chi connectivity index (χ3v) is 3.00. The molecule has 0 aliphatic carbocycles. The minimum Gasteiger partial charge on any atom is -0.355 e. The highest BCUT2D eigenvalue weighted by molar-refractivity contribution is 5.75. The van der Waals surface area contributed by atoms with Crippen molar-refractivity contribution in [2.24, 2.45) is 11.7 Å². The summed E-state index contributed by atoms with van der Waals surface area (Å²) in [7, 11) is 0. The van der Waals surface area contributed by atoms with Crippen molar-refractivity contribution in [3.63, 3.8) is 0 Å². The smallest absolute Gasteiger partial charge is 0.220 e. The highest BCUT2D eigenvalue weighted by Gasteiger charge is 2.06. The Kier molecular flexibility index (Phi) is 10.2. The minimum absolute atomic E-state index is 0.151. The summed E-state index contributed by atoms with van der Waals surface area (Å²) in [5, 5.41) is 2.96. The van der Waals surface area contributed by atoms with Crippen LogP contribution in [0.4, 0.5) is 0 Å². The van der Waals surface area contributed by atoms with Gasteiger partial charge < -0.3 is 16.0 Å². The number of rotatable bonds is 10. The van der Waals surface area contributed by atoms with E-state index in [-0.39, 0.29) is 5.91 Å². The lowest BCUT2D eigenvalue weighted by atomic mass is 10.1. The molecular weight excluding hydrogens is 214 g/mol. The van der Waals surface area contributed by atoms with Crippen molar-refractivity contribution in [1.29, 1.82) is 0 Å². The Bertz CT molecular complexity index is 197. The number of hydrogen-bond donors (Lipinski definition) is 2. The van der Waals surface area contributed by atoms with Gasteiger partial charge in [0.1, 0.15) is 0 Å². The predicted molar refractivity (Wildman–Crippen MR) is 72.9 cm³/mol. The van der Waals surface area contributed by atoms with E-state index in [4.69, 9.17) is 5.73 Å². The second-order valence-corrected chi connectivity index (χ2v) is 4.66. The molecule has 0 saturated heterocycles. The second-order valence-electron chi connectivity index (χ2n) is 4.66. The van der Waals surface area contributed by atoms with E-state index in [0.717, 1.165) is 39.0 Å². The second kappa shape index (κ2) is 10.5. The molecule has 0 bridgehead atoms. The molecular formula is C13H29N3O. The van der Waals surface area contributed by atoms with Crippen LogP contribution in [0.15, 0.2) is 0 Å². The van der Waals surface area contributed by atoms with Crippen molar-refractivity contribution in [2.45, 2.75) is 40.0 Å². The predicted octanol–water partition coefficient (Wildman–Crippen LogP) is 1.21. The molecule has 0 spiro atoms. The molecule has 0 aliphatic rings. The van der Waals surface area contributed by atoms with Crippen molar-refractivity contribution < 1.29 is 4.79 Å². The first-order valence-corrected chi connectivity index (χ1v) is 6.83. The van der Waals surface area contributed by atoms with Gasteiger partial charge in [-0.1, -0.05) is 20.8 Å². The van der Waals surface area contributed by atoms with E-state index in [1.54, 1.807) is 0 Å². The average molecular weight is 243 g/mol. The Hall–Kier alpha value is -0.610. The Morgan fingerprint density at radius 1 is 1.35 bits per heavy atom. The molecule has 0 fully saturated rings. The van der Waals surface area contributed by atoms with Gasteiger partial charge in [0.25, 0.3) is 0 Å². The molecule has 0 rings (SSSR count). The van der Waals surface area contributed by atoms with Crippen LogP contribution in [0.3, 0.4) is 0 Å².